The van der Waals surface area contributed by atoms with Crippen LogP contribution in [0.1, 0.15) is 16.7 Å². The van der Waals surface area contributed by atoms with Crippen molar-refractivity contribution in [1.82, 2.24) is 4.90 Å². The molecule has 0 aliphatic heterocycles. The number of hydrogen-bond donors (Lipinski definition) is 0. The summed E-state index contributed by atoms with van der Waals surface area (Å²) in [7, 11) is 1.84. The van der Waals surface area contributed by atoms with Crippen molar-refractivity contribution in [2.45, 2.75) is 20.3 Å². The molecule has 0 saturated heterocycles. The predicted octanol–water partition coefficient (Wildman–Crippen LogP) is 2.70. The highest BCUT2D eigenvalue weighted by molar-refractivity contribution is 9.09. The second kappa shape index (κ2) is 6.04. The zero-order valence-corrected chi connectivity index (χ0v) is 11.7. The highest BCUT2D eigenvalue weighted by Gasteiger charge is 2.09. The highest BCUT2D eigenvalue weighted by atomic mass is 79.9. The van der Waals surface area contributed by atoms with E-state index in [2.05, 4.69) is 41.9 Å². The van der Waals surface area contributed by atoms with Crippen LogP contribution in [-0.2, 0) is 11.2 Å². The lowest BCUT2D eigenvalue weighted by atomic mass is 10.0. The van der Waals surface area contributed by atoms with E-state index in [1.165, 1.54) is 11.1 Å². The summed E-state index contributed by atoms with van der Waals surface area (Å²) in [5.74, 6) is 0.169. The van der Waals surface area contributed by atoms with Crippen LogP contribution in [-0.4, -0.2) is 29.7 Å². The van der Waals surface area contributed by atoms with Crippen molar-refractivity contribution >= 4 is 21.8 Å². The Morgan fingerprint density at radius 2 is 2.00 bits per heavy atom. The first-order valence-electron chi connectivity index (χ1n) is 5.40. The minimum atomic E-state index is 0.169. The van der Waals surface area contributed by atoms with E-state index < -0.39 is 0 Å². The molecule has 0 unspecified atom stereocenters. The molecule has 0 heterocycles. The fraction of sp³-hybridized carbons (Fsp3) is 0.462. The number of nitrogens with zero attached hydrogens (tertiary/aromatic N) is 1. The Kier molecular flexibility index (Phi) is 5.00. The van der Waals surface area contributed by atoms with Gasteiger partial charge in [-0.2, -0.15) is 0 Å². The summed E-state index contributed by atoms with van der Waals surface area (Å²) in [5.41, 5.74) is 3.60. The van der Waals surface area contributed by atoms with Gasteiger partial charge in [-0.05, 0) is 30.5 Å². The molecule has 0 N–H and O–H groups in total. The van der Waals surface area contributed by atoms with Gasteiger partial charge < -0.3 is 4.90 Å². The Hall–Kier alpha value is -0.830. The van der Waals surface area contributed by atoms with Crippen molar-refractivity contribution < 1.29 is 4.79 Å². The van der Waals surface area contributed by atoms with Gasteiger partial charge in [-0.25, -0.2) is 0 Å². The van der Waals surface area contributed by atoms with Gasteiger partial charge in [0, 0.05) is 18.9 Å². The smallest absolute Gasteiger partial charge is 0.226 e. The number of carbonyl (C=O) groups excluding carboxylic acids is 1. The van der Waals surface area contributed by atoms with Gasteiger partial charge in [0.15, 0.2) is 0 Å². The zero-order valence-electron chi connectivity index (χ0n) is 10.1. The van der Waals surface area contributed by atoms with Crippen LogP contribution in [0, 0.1) is 13.8 Å². The third-order valence-corrected chi connectivity index (χ3v) is 3.13. The minimum absolute atomic E-state index is 0.169. The van der Waals surface area contributed by atoms with E-state index in [-0.39, 0.29) is 5.91 Å². The van der Waals surface area contributed by atoms with Gasteiger partial charge in [0.1, 0.15) is 0 Å². The first kappa shape index (κ1) is 13.2. The van der Waals surface area contributed by atoms with Gasteiger partial charge in [-0.1, -0.05) is 34.1 Å². The molecule has 1 aromatic carbocycles. The van der Waals surface area contributed by atoms with Crippen molar-refractivity contribution in [3.05, 3.63) is 34.9 Å². The molecule has 0 atom stereocenters. The van der Waals surface area contributed by atoms with Crippen LogP contribution < -0.4 is 0 Å². The molecule has 1 rings (SSSR count). The highest BCUT2D eigenvalue weighted by Crippen LogP contribution is 2.11. The number of rotatable bonds is 4. The molecule has 0 fully saturated rings. The van der Waals surface area contributed by atoms with Crippen LogP contribution >= 0.6 is 15.9 Å². The van der Waals surface area contributed by atoms with E-state index in [4.69, 9.17) is 0 Å². The fourth-order valence-electron chi connectivity index (χ4n) is 1.47. The van der Waals surface area contributed by atoms with Crippen LogP contribution in [0.15, 0.2) is 18.2 Å². The molecule has 0 aromatic heterocycles. The Bertz CT molecular complexity index is 376. The third kappa shape index (κ3) is 3.63. The summed E-state index contributed by atoms with van der Waals surface area (Å²) in [5, 5.41) is 0.822. The topological polar surface area (TPSA) is 20.3 Å². The van der Waals surface area contributed by atoms with E-state index in [0.29, 0.717) is 6.42 Å². The molecule has 1 amide bonds. The van der Waals surface area contributed by atoms with Crippen molar-refractivity contribution in [3.63, 3.8) is 0 Å². The summed E-state index contributed by atoms with van der Waals surface area (Å²) in [4.78, 5) is 13.6. The lowest BCUT2D eigenvalue weighted by Crippen LogP contribution is -2.29. The van der Waals surface area contributed by atoms with Crippen molar-refractivity contribution in [3.8, 4) is 0 Å². The van der Waals surface area contributed by atoms with Gasteiger partial charge in [0.25, 0.3) is 0 Å². The predicted molar refractivity (Wildman–Crippen MR) is 71.1 cm³/mol. The van der Waals surface area contributed by atoms with Gasteiger partial charge >= 0.3 is 0 Å². The molecule has 0 radical (unpaired) electrons. The van der Waals surface area contributed by atoms with E-state index in [1.807, 2.05) is 13.1 Å². The molecule has 2 nitrogen and oxygen atoms in total. The molecule has 88 valence electrons. The maximum absolute atomic E-state index is 11.8. The molecule has 3 heteroatoms. The molecule has 0 saturated carbocycles. The number of amides is 1. The number of carbonyl (C=O) groups is 1. The van der Waals surface area contributed by atoms with E-state index in [9.17, 15) is 4.79 Å². The van der Waals surface area contributed by atoms with Crippen molar-refractivity contribution in [1.29, 1.82) is 0 Å². The van der Waals surface area contributed by atoms with Crippen LogP contribution in [0.5, 0.6) is 0 Å². The summed E-state index contributed by atoms with van der Waals surface area (Å²) in [6.45, 7) is 4.91. The first-order valence-corrected chi connectivity index (χ1v) is 6.53. The van der Waals surface area contributed by atoms with Crippen LogP contribution in [0.25, 0.3) is 0 Å². The number of halogens is 1. The van der Waals surface area contributed by atoms with Crippen LogP contribution in [0.2, 0.25) is 0 Å². The maximum Gasteiger partial charge on any atom is 0.226 e. The molecule has 0 aliphatic carbocycles. The average Bonchev–Trinajstić information content (AvgIpc) is 2.24. The summed E-state index contributed by atoms with van der Waals surface area (Å²) >= 11 is 3.33. The number of benzene rings is 1. The number of likely N-dealkylation sites (N-methyl/N-ethyl adjacent to an activating group) is 1. The van der Waals surface area contributed by atoms with Gasteiger partial charge in [-0.15, -0.1) is 0 Å². The van der Waals surface area contributed by atoms with Gasteiger partial charge in [0.05, 0.1) is 6.42 Å². The summed E-state index contributed by atoms with van der Waals surface area (Å²) in [6, 6.07) is 6.19. The second-order valence-electron chi connectivity index (χ2n) is 4.10. The van der Waals surface area contributed by atoms with E-state index >= 15 is 0 Å². The molecular formula is C13H18BrNO. The normalized spacial score (nSPS) is 10.2. The largest absolute Gasteiger partial charge is 0.345 e. The Labute approximate surface area is 106 Å². The third-order valence-electron chi connectivity index (χ3n) is 2.77. The number of hydrogen-bond acceptors (Lipinski definition) is 1. The fourth-order valence-corrected chi connectivity index (χ4v) is 2.01. The molecular weight excluding hydrogens is 266 g/mol. The van der Waals surface area contributed by atoms with Crippen LogP contribution in [0.4, 0.5) is 0 Å². The Morgan fingerprint density at radius 1 is 1.31 bits per heavy atom. The monoisotopic (exact) mass is 283 g/mol. The molecule has 1 aromatic rings. The number of alkyl halides is 1. The Morgan fingerprint density at radius 3 is 2.56 bits per heavy atom. The summed E-state index contributed by atoms with van der Waals surface area (Å²) < 4.78 is 0. The zero-order chi connectivity index (χ0) is 12.1. The van der Waals surface area contributed by atoms with Gasteiger partial charge in [-0.3, -0.25) is 4.79 Å². The lowest BCUT2D eigenvalue weighted by Gasteiger charge is -2.15. The molecule has 0 bridgehead atoms. The SMILES string of the molecule is Cc1ccc(CC(=O)N(C)CCBr)cc1C. The lowest BCUT2D eigenvalue weighted by molar-refractivity contribution is -0.128. The van der Waals surface area contributed by atoms with Gasteiger partial charge in [0.2, 0.25) is 5.91 Å². The standard InChI is InChI=1S/C13H18BrNO/c1-10-4-5-12(8-11(10)2)9-13(16)15(3)7-6-14/h4-5,8H,6-7,9H2,1-3H3. The van der Waals surface area contributed by atoms with E-state index in [1.54, 1.807) is 4.90 Å². The number of aryl methyl sites for hydroxylation is 2. The molecule has 0 aliphatic rings. The molecule has 0 spiro atoms. The van der Waals surface area contributed by atoms with Crippen molar-refractivity contribution in [2.24, 2.45) is 0 Å². The minimum Gasteiger partial charge on any atom is -0.345 e. The summed E-state index contributed by atoms with van der Waals surface area (Å²) in [6.07, 6.45) is 0.491. The second-order valence-corrected chi connectivity index (χ2v) is 4.89. The van der Waals surface area contributed by atoms with Crippen LogP contribution in [0.3, 0.4) is 0 Å². The quantitative estimate of drug-likeness (QED) is 0.778. The first-order chi connectivity index (χ1) is 7.54. The van der Waals surface area contributed by atoms with E-state index in [0.717, 1.165) is 17.4 Å². The Balaban J connectivity index is 2.66. The average molecular weight is 284 g/mol. The molecule has 16 heavy (non-hydrogen) atoms. The maximum atomic E-state index is 11.8. The van der Waals surface area contributed by atoms with Crippen molar-refractivity contribution in [2.75, 3.05) is 18.9 Å².